The molecule has 0 saturated heterocycles. The van der Waals surface area contributed by atoms with Crippen molar-refractivity contribution in [3.63, 3.8) is 0 Å². The monoisotopic (exact) mass is 375 g/mol. The quantitative estimate of drug-likeness (QED) is 0.770. The van der Waals surface area contributed by atoms with E-state index in [0.29, 0.717) is 27.1 Å². The number of nitrogens with one attached hydrogen (secondary N) is 1. The minimum Gasteiger partial charge on any atom is -0.434 e. The highest BCUT2D eigenvalue weighted by Crippen LogP contribution is 2.37. The van der Waals surface area contributed by atoms with Crippen LogP contribution in [0.4, 0.5) is 4.79 Å². The Morgan fingerprint density at radius 1 is 1.52 bits per heavy atom. The summed E-state index contributed by atoms with van der Waals surface area (Å²) in [6, 6.07) is 3.63. The lowest BCUT2D eigenvalue weighted by molar-refractivity contribution is 0.0902. The first-order chi connectivity index (χ1) is 10.0. The van der Waals surface area contributed by atoms with Gasteiger partial charge >= 0.3 is 6.16 Å². The predicted molar refractivity (Wildman–Crippen MR) is 83.9 cm³/mol. The molecule has 0 aliphatic rings. The fraction of sp³-hybridized carbons (Fsp3) is 0.357. The molecule has 2 aromatic rings. The van der Waals surface area contributed by atoms with E-state index in [4.69, 9.17) is 26.2 Å². The van der Waals surface area contributed by atoms with Crippen LogP contribution in [0.3, 0.4) is 0 Å². The average Bonchev–Trinajstić information content (AvgIpc) is 2.86. The number of aromatic amines is 1. The van der Waals surface area contributed by atoms with Gasteiger partial charge in [0.1, 0.15) is 0 Å². The molecule has 0 unspecified atom stereocenters. The van der Waals surface area contributed by atoms with Crippen LogP contribution in [-0.2, 0) is 4.74 Å². The maximum absolute atomic E-state index is 11.6. The number of hydrogen-bond donors (Lipinski definition) is 2. The second-order valence-electron chi connectivity index (χ2n) is 4.71. The Balaban J connectivity index is 2.03. The molecular formula is C14H15BrClNO4. The summed E-state index contributed by atoms with van der Waals surface area (Å²) in [5, 5.41) is 9.97. The molecule has 0 amide bonds. The zero-order valence-electron chi connectivity index (χ0n) is 11.4. The SMILES string of the molecule is C[C@@H](CO)CCOC(=O)Oc1c[nH]c2ccc(Br)c(Cl)c12. The minimum atomic E-state index is -0.794. The van der Waals surface area contributed by atoms with Crippen molar-refractivity contribution in [3.05, 3.63) is 27.8 Å². The number of ether oxygens (including phenoxy) is 2. The van der Waals surface area contributed by atoms with E-state index < -0.39 is 6.16 Å². The van der Waals surface area contributed by atoms with Crippen molar-refractivity contribution in [1.29, 1.82) is 0 Å². The highest BCUT2D eigenvalue weighted by Gasteiger charge is 2.15. The summed E-state index contributed by atoms with van der Waals surface area (Å²) in [5.41, 5.74) is 0.764. The van der Waals surface area contributed by atoms with Gasteiger partial charge in [-0.25, -0.2) is 4.79 Å². The molecule has 2 rings (SSSR count). The number of halogens is 2. The van der Waals surface area contributed by atoms with E-state index in [2.05, 4.69) is 20.9 Å². The van der Waals surface area contributed by atoms with Crippen LogP contribution in [0.2, 0.25) is 5.02 Å². The Morgan fingerprint density at radius 3 is 3.00 bits per heavy atom. The smallest absolute Gasteiger partial charge is 0.434 e. The number of carbonyl (C=O) groups is 1. The lowest BCUT2D eigenvalue weighted by atomic mass is 10.1. The number of aromatic nitrogens is 1. The van der Waals surface area contributed by atoms with Gasteiger partial charge in [0.2, 0.25) is 0 Å². The molecule has 7 heteroatoms. The van der Waals surface area contributed by atoms with Crippen molar-refractivity contribution in [1.82, 2.24) is 4.98 Å². The number of rotatable bonds is 5. The van der Waals surface area contributed by atoms with Gasteiger partial charge in [-0.15, -0.1) is 0 Å². The highest BCUT2D eigenvalue weighted by molar-refractivity contribution is 9.10. The second kappa shape index (κ2) is 7.15. The van der Waals surface area contributed by atoms with Gasteiger partial charge in [0.25, 0.3) is 0 Å². The van der Waals surface area contributed by atoms with Gasteiger partial charge in [-0.3, -0.25) is 0 Å². The van der Waals surface area contributed by atoms with E-state index in [9.17, 15) is 4.79 Å². The minimum absolute atomic E-state index is 0.0600. The lowest BCUT2D eigenvalue weighted by Crippen LogP contribution is -2.13. The summed E-state index contributed by atoms with van der Waals surface area (Å²) in [7, 11) is 0. The van der Waals surface area contributed by atoms with Crippen LogP contribution in [-0.4, -0.2) is 29.5 Å². The van der Waals surface area contributed by atoms with Gasteiger partial charge in [-0.05, 0) is 40.4 Å². The molecule has 2 N–H and O–H groups in total. The van der Waals surface area contributed by atoms with Gasteiger partial charge in [0.15, 0.2) is 5.75 Å². The Kier molecular flexibility index (Phi) is 5.50. The van der Waals surface area contributed by atoms with Gasteiger partial charge in [0.05, 0.1) is 22.5 Å². The van der Waals surface area contributed by atoms with Crippen LogP contribution in [0.25, 0.3) is 10.9 Å². The number of aliphatic hydroxyl groups excluding tert-OH is 1. The molecule has 21 heavy (non-hydrogen) atoms. The number of benzene rings is 1. The van der Waals surface area contributed by atoms with E-state index in [1.807, 2.05) is 13.0 Å². The first-order valence-corrected chi connectivity index (χ1v) is 7.60. The number of H-pyrrole nitrogens is 1. The van der Waals surface area contributed by atoms with Gasteiger partial charge < -0.3 is 19.6 Å². The molecule has 0 saturated carbocycles. The Bertz CT molecular complexity index is 643. The molecule has 0 radical (unpaired) electrons. The van der Waals surface area contributed by atoms with Crippen LogP contribution in [0.1, 0.15) is 13.3 Å². The number of hydrogen-bond acceptors (Lipinski definition) is 4. The van der Waals surface area contributed by atoms with Crippen LogP contribution in [0.15, 0.2) is 22.8 Å². The molecular weight excluding hydrogens is 362 g/mol. The molecule has 114 valence electrons. The largest absolute Gasteiger partial charge is 0.513 e. The maximum atomic E-state index is 11.6. The summed E-state index contributed by atoms with van der Waals surface area (Å²) in [5.74, 6) is 0.396. The van der Waals surface area contributed by atoms with Crippen molar-refractivity contribution in [2.75, 3.05) is 13.2 Å². The predicted octanol–water partition coefficient (Wildman–Crippen LogP) is 4.12. The molecule has 0 aliphatic heterocycles. The molecule has 5 nitrogen and oxygen atoms in total. The molecule has 1 aromatic heterocycles. The molecule has 1 heterocycles. The van der Waals surface area contributed by atoms with Crippen molar-refractivity contribution >= 4 is 44.6 Å². The molecule has 0 bridgehead atoms. The van der Waals surface area contributed by atoms with E-state index >= 15 is 0 Å². The lowest BCUT2D eigenvalue weighted by Gasteiger charge is -2.08. The van der Waals surface area contributed by atoms with Gasteiger partial charge in [0, 0.05) is 17.3 Å². The van der Waals surface area contributed by atoms with Crippen molar-refractivity contribution in [2.45, 2.75) is 13.3 Å². The fourth-order valence-corrected chi connectivity index (χ4v) is 2.35. The molecule has 1 aromatic carbocycles. The third kappa shape index (κ3) is 3.90. The molecule has 1 atom stereocenters. The maximum Gasteiger partial charge on any atom is 0.513 e. The Morgan fingerprint density at radius 2 is 2.29 bits per heavy atom. The van der Waals surface area contributed by atoms with E-state index in [1.54, 1.807) is 12.3 Å². The highest BCUT2D eigenvalue weighted by atomic mass is 79.9. The van der Waals surface area contributed by atoms with Crippen molar-refractivity contribution in [2.24, 2.45) is 5.92 Å². The van der Waals surface area contributed by atoms with Gasteiger partial charge in [-0.1, -0.05) is 18.5 Å². The molecule has 0 spiro atoms. The third-order valence-electron chi connectivity index (χ3n) is 3.04. The average molecular weight is 377 g/mol. The van der Waals surface area contributed by atoms with E-state index in [0.717, 1.165) is 5.52 Å². The number of aliphatic hydroxyl groups is 1. The first kappa shape index (κ1) is 16.1. The van der Waals surface area contributed by atoms with Gasteiger partial charge in [-0.2, -0.15) is 0 Å². The third-order valence-corrected chi connectivity index (χ3v) is 4.32. The Labute approximate surface area is 135 Å². The van der Waals surface area contributed by atoms with Crippen LogP contribution in [0.5, 0.6) is 5.75 Å². The summed E-state index contributed by atoms with van der Waals surface area (Å²) < 4.78 is 10.8. The summed E-state index contributed by atoms with van der Waals surface area (Å²) >= 11 is 9.52. The normalized spacial score (nSPS) is 12.4. The zero-order chi connectivity index (χ0) is 15.4. The number of carbonyl (C=O) groups excluding carboxylic acids is 1. The molecule has 0 aliphatic carbocycles. The topological polar surface area (TPSA) is 71.6 Å². The van der Waals surface area contributed by atoms with E-state index in [1.165, 1.54) is 0 Å². The van der Waals surface area contributed by atoms with E-state index in [-0.39, 0.29) is 19.1 Å². The van der Waals surface area contributed by atoms with Crippen molar-refractivity contribution in [3.8, 4) is 5.75 Å². The number of fused-ring (bicyclic) bond motifs is 1. The zero-order valence-corrected chi connectivity index (χ0v) is 13.7. The van der Waals surface area contributed by atoms with Crippen LogP contribution in [0, 0.1) is 5.92 Å². The van der Waals surface area contributed by atoms with Crippen LogP contribution < -0.4 is 4.74 Å². The molecule has 0 fully saturated rings. The summed E-state index contributed by atoms with van der Waals surface area (Å²) in [6.07, 6.45) is 1.34. The Hall–Kier alpha value is -1.24. The summed E-state index contributed by atoms with van der Waals surface area (Å²) in [4.78, 5) is 14.6. The summed E-state index contributed by atoms with van der Waals surface area (Å²) in [6.45, 7) is 2.12. The fourth-order valence-electron chi connectivity index (χ4n) is 1.76. The van der Waals surface area contributed by atoms with Crippen molar-refractivity contribution < 1.29 is 19.4 Å². The van der Waals surface area contributed by atoms with Crippen LogP contribution >= 0.6 is 27.5 Å². The second-order valence-corrected chi connectivity index (χ2v) is 5.95. The first-order valence-electron chi connectivity index (χ1n) is 6.43. The standard InChI is InChI=1S/C14H15BrClNO4/c1-8(7-18)4-5-20-14(19)21-11-6-17-10-3-2-9(15)13(16)12(10)11/h2-3,6,8,17-18H,4-5,7H2,1H3/t8-/m1/s1.